The molecule has 0 atom stereocenters. The van der Waals surface area contributed by atoms with Crippen molar-refractivity contribution in [3.05, 3.63) is 29.8 Å². The van der Waals surface area contributed by atoms with Crippen molar-refractivity contribution in [3.63, 3.8) is 0 Å². The number of rotatable bonds is 10. The SMILES string of the molecule is CCCO[Si](OCCC)(OCCC)c1ccc(F)c(F)c1. The molecule has 0 fully saturated rings. The summed E-state index contributed by atoms with van der Waals surface area (Å²) in [5.41, 5.74) is 0. The first-order valence-electron chi connectivity index (χ1n) is 7.47. The maximum atomic E-state index is 13.6. The van der Waals surface area contributed by atoms with Crippen LogP contribution in [0.15, 0.2) is 18.2 Å². The van der Waals surface area contributed by atoms with E-state index < -0.39 is 20.4 Å². The normalized spacial score (nSPS) is 11.9. The zero-order valence-corrected chi connectivity index (χ0v) is 14.0. The summed E-state index contributed by atoms with van der Waals surface area (Å²) in [7, 11) is -3.20. The Morgan fingerprint density at radius 2 is 1.29 bits per heavy atom. The van der Waals surface area contributed by atoms with Crippen molar-refractivity contribution >= 4 is 14.0 Å². The van der Waals surface area contributed by atoms with Crippen LogP contribution in [0.25, 0.3) is 0 Å². The van der Waals surface area contributed by atoms with E-state index in [0.717, 1.165) is 31.4 Å². The minimum absolute atomic E-state index is 0.457. The van der Waals surface area contributed by atoms with Crippen LogP contribution < -0.4 is 5.19 Å². The van der Waals surface area contributed by atoms with Gasteiger partial charge in [0.15, 0.2) is 11.6 Å². The average Bonchev–Trinajstić information content (AvgIpc) is 2.50. The standard InChI is InChI=1S/C15H24F2O3Si/c1-4-9-18-21(19-10-5-2,20-11-6-3)13-7-8-14(16)15(17)12-13/h7-8,12H,4-6,9-11H2,1-3H3. The molecule has 0 spiro atoms. The van der Waals surface area contributed by atoms with Crippen molar-refractivity contribution < 1.29 is 22.1 Å². The fourth-order valence-corrected chi connectivity index (χ4v) is 4.53. The molecule has 0 unspecified atom stereocenters. The third-order valence-electron chi connectivity index (χ3n) is 2.76. The van der Waals surface area contributed by atoms with E-state index in [1.807, 2.05) is 20.8 Å². The van der Waals surface area contributed by atoms with Gasteiger partial charge in [0.2, 0.25) is 0 Å². The highest BCUT2D eigenvalue weighted by Crippen LogP contribution is 2.15. The molecule has 120 valence electrons. The monoisotopic (exact) mass is 318 g/mol. The molecule has 0 bridgehead atoms. The zero-order valence-electron chi connectivity index (χ0n) is 13.0. The third-order valence-corrected chi connectivity index (χ3v) is 5.53. The minimum atomic E-state index is -3.20. The van der Waals surface area contributed by atoms with E-state index in [4.69, 9.17) is 13.3 Å². The highest BCUT2D eigenvalue weighted by Gasteiger charge is 2.44. The first-order valence-corrected chi connectivity index (χ1v) is 9.19. The summed E-state index contributed by atoms with van der Waals surface area (Å²) in [6.45, 7) is 7.30. The Hall–Kier alpha value is -0.823. The number of hydrogen-bond donors (Lipinski definition) is 0. The van der Waals surface area contributed by atoms with Gasteiger partial charge in [0, 0.05) is 25.0 Å². The Balaban J connectivity index is 3.12. The van der Waals surface area contributed by atoms with Crippen LogP contribution in [0, 0.1) is 11.6 Å². The lowest BCUT2D eigenvalue weighted by Crippen LogP contribution is -2.57. The van der Waals surface area contributed by atoms with Crippen LogP contribution in [0.2, 0.25) is 0 Å². The van der Waals surface area contributed by atoms with Crippen molar-refractivity contribution in [3.8, 4) is 0 Å². The molecule has 0 saturated carbocycles. The third kappa shape index (κ3) is 5.14. The first-order chi connectivity index (χ1) is 10.1. The van der Waals surface area contributed by atoms with Gasteiger partial charge in [-0.1, -0.05) is 26.8 Å². The Morgan fingerprint density at radius 1 is 0.810 bits per heavy atom. The van der Waals surface area contributed by atoms with Gasteiger partial charge in [0.25, 0.3) is 0 Å². The van der Waals surface area contributed by atoms with Gasteiger partial charge in [-0.3, -0.25) is 0 Å². The van der Waals surface area contributed by atoms with Crippen LogP contribution in [-0.4, -0.2) is 28.6 Å². The summed E-state index contributed by atoms with van der Waals surface area (Å²) in [6.07, 6.45) is 2.39. The molecule has 0 aromatic heterocycles. The highest BCUT2D eigenvalue weighted by atomic mass is 28.4. The predicted octanol–water partition coefficient (Wildman–Crippen LogP) is 3.39. The molecule has 0 N–H and O–H groups in total. The van der Waals surface area contributed by atoms with Gasteiger partial charge in [-0.15, -0.1) is 0 Å². The van der Waals surface area contributed by atoms with E-state index >= 15 is 0 Å². The largest absolute Gasteiger partial charge is 0.537 e. The fourth-order valence-electron chi connectivity index (χ4n) is 1.77. The summed E-state index contributed by atoms with van der Waals surface area (Å²) in [6, 6.07) is 3.71. The van der Waals surface area contributed by atoms with E-state index in [2.05, 4.69) is 0 Å². The van der Waals surface area contributed by atoms with E-state index in [-0.39, 0.29) is 0 Å². The number of benzene rings is 1. The molecule has 0 radical (unpaired) electrons. The summed E-state index contributed by atoms with van der Waals surface area (Å²) < 4.78 is 44.3. The fraction of sp³-hybridized carbons (Fsp3) is 0.600. The van der Waals surface area contributed by atoms with Gasteiger partial charge in [0.1, 0.15) is 0 Å². The second-order valence-electron chi connectivity index (χ2n) is 4.73. The van der Waals surface area contributed by atoms with E-state index in [0.29, 0.717) is 25.0 Å². The van der Waals surface area contributed by atoms with Crippen molar-refractivity contribution in [2.45, 2.75) is 40.0 Å². The molecule has 1 aromatic rings. The Bertz CT molecular complexity index is 408. The van der Waals surface area contributed by atoms with Gasteiger partial charge in [-0.25, -0.2) is 8.78 Å². The van der Waals surface area contributed by atoms with Crippen LogP contribution in [0.4, 0.5) is 8.78 Å². The van der Waals surface area contributed by atoms with Gasteiger partial charge < -0.3 is 13.3 Å². The van der Waals surface area contributed by atoms with Crippen LogP contribution in [0.5, 0.6) is 0 Å². The van der Waals surface area contributed by atoms with Gasteiger partial charge in [-0.2, -0.15) is 0 Å². The predicted molar refractivity (Wildman–Crippen MR) is 80.5 cm³/mol. The van der Waals surface area contributed by atoms with Crippen molar-refractivity contribution in [2.75, 3.05) is 19.8 Å². The molecule has 0 aliphatic carbocycles. The lowest BCUT2D eigenvalue weighted by Gasteiger charge is -2.29. The highest BCUT2D eigenvalue weighted by molar-refractivity contribution is 6.75. The van der Waals surface area contributed by atoms with E-state index in [1.54, 1.807) is 0 Å². The first kappa shape index (κ1) is 18.2. The molecule has 21 heavy (non-hydrogen) atoms. The smallest absolute Gasteiger partial charge is 0.370 e. The number of halogens is 2. The summed E-state index contributed by atoms with van der Waals surface area (Å²) in [5.74, 6) is -1.80. The van der Waals surface area contributed by atoms with Crippen molar-refractivity contribution in [1.29, 1.82) is 0 Å². The summed E-state index contributed by atoms with van der Waals surface area (Å²) >= 11 is 0. The molecular weight excluding hydrogens is 294 g/mol. The Morgan fingerprint density at radius 3 is 1.67 bits per heavy atom. The Labute approximate surface area is 126 Å². The van der Waals surface area contributed by atoms with Crippen LogP contribution in [-0.2, 0) is 13.3 Å². The van der Waals surface area contributed by atoms with Gasteiger partial charge in [-0.05, 0) is 31.4 Å². The topological polar surface area (TPSA) is 27.7 Å². The van der Waals surface area contributed by atoms with Crippen LogP contribution in [0.3, 0.4) is 0 Å². The van der Waals surface area contributed by atoms with Crippen LogP contribution >= 0.6 is 0 Å². The molecule has 3 nitrogen and oxygen atoms in total. The van der Waals surface area contributed by atoms with Crippen molar-refractivity contribution in [2.24, 2.45) is 0 Å². The minimum Gasteiger partial charge on any atom is -0.370 e. The summed E-state index contributed by atoms with van der Waals surface area (Å²) in [4.78, 5) is 0. The molecular formula is C15H24F2O3Si. The quantitative estimate of drug-likeness (QED) is 0.619. The molecule has 6 heteroatoms. The molecule has 1 aromatic carbocycles. The van der Waals surface area contributed by atoms with Gasteiger partial charge >= 0.3 is 8.80 Å². The average molecular weight is 318 g/mol. The molecule has 0 aliphatic rings. The maximum Gasteiger partial charge on any atom is 0.537 e. The lowest BCUT2D eigenvalue weighted by atomic mass is 10.3. The maximum absolute atomic E-state index is 13.6. The molecule has 0 amide bonds. The number of hydrogen-bond acceptors (Lipinski definition) is 3. The molecule has 0 heterocycles. The second-order valence-corrected chi connectivity index (χ2v) is 7.29. The van der Waals surface area contributed by atoms with Crippen LogP contribution in [0.1, 0.15) is 40.0 Å². The lowest BCUT2D eigenvalue weighted by molar-refractivity contribution is 0.0731. The molecule has 0 aliphatic heterocycles. The second kappa shape index (κ2) is 9.25. The Kier molecular flexibility index (Phi) is 8.03. The summed E-state index contributed by atoms with van der Waals surface area (Å²) in [5, 5.41) is 0.469. The van der Waals surface area contributed by atoms with Crippen molar-refractivity contribution in [1.82, 2.24) is 0 Å². The molecule has 1 rings (SSSR count). The van der Waals surface area contributed by atoms with E-state index in [9.17, 15) is 8.78 Å². The van der Waals surface area contributed by atoms with E-state index in [1.165, 1.54) is 6.07 Å². The zero-order chi connectivity index (χ0) is 15.7. The molecule has 0 saturated heterocycles. The van der Waals surface area contributed by atoms with Gasteiger partial charge in [0.05, 0.1) is 0 Å².